The highest BCUT2D eigenvalue weighted by Gasteiger charge is 2.39. The first kappa shape index (κ1) is 17.9. The van der Waals surface area contributed by atoms with Crippen LogP contribution in [-0.4, -0.2) is 11.8 Å². The maximum absolute atomic E-state index is 12.9. The molecule has 1 aliphatic heterocycles. The van der Waals surface area contributed by atoms with Gasteiger partial charge in [-0.15, -0.1) is 0 Å². The van der Waals surface area contributed by atoms with Crippen LogP contribution < -0.4 is 10.2 Å². The molecule has 0 aromatic heterocycles. The van der Waals surface area contributed by atoms with Crippen molar-refractivity contribution in [2.45, 2.75) is 20.8 Å². The van der Waals surface area contributed by atoms with Crippen molar-refractivity contribution in [1.82, 2.24) is 0 Å². The molecule has 0 bridgehead atoms. The number of hydrogen-bond acceptors (Lipinski definition) is 3. The summed E-state index contributed by atoms with van der Waals surface area (Å²) in [7, 11) is 0. The van der Waals surface area contributed by atoms with E-state index in [4.69, 9.17) is 11.6 Å². The van der Waals surface area contributed by atoms with E-state index >= 15 is 0 Å². The third-order valence-electron chi connectivity index (χ3n) is 4.08. The number of nitrogens with one attached hydrogen (secondary N) is 1. The van der Waals surface area contributed by atoms with Gasteiger partial charge in [0.1, 0.15) is 10.7 Å². The van der Waals surface area contributed by atoms with E-state index in [0.29, 0.717) is 5.69 Å². The van der Waals surface area contributed by atoms with E-state index in [0.717, 1.165) is 30.8 Å². The summed E-state index contributed by atoms with van der Waals surface area (Å²) in [6.45, 7) is 5.75. The van der Waals surface area contributed by atoms with Gasteiger partial charge in [-0.1, -0.05) is 23.7 Å². The lowest BCUT2D eigenvalue weighted by molar-refractivity contribution is -0.120. The molecule has 0 saturated heterocycles. The van der Waals surface area contributed by atoms with Crippen molar-refractivity contribution >= 4 is 57.4 Å². The summed E-state index contributed by atoms with van der Waals surface area (Å²) < 4.78 is 1.03. The van der Waals surface area contributed by atoms with Crippen LogP contribution in [0.15, 0.2) is 47.1 Å². The van der Waals surface area contributed by atoms with Gasteiger partial charge in [-0.05, 0) is 84.3 Å². The molecule has 3 rings (SSSR count). The Morgan fingerprint density at radius 3 is 2.36 bits per heavy atom. The normalized spacial score (nSPS) is 14.5. The summed E-state index contributed by atoms with van der Waals surface area (Å²) in [5.41, 5.74) is 4.27. The molecule has 25 heavy (non-hydrogen) atoms. The minimum Gasteiger partial charge on any atom is -0.349 e. The molecule has 1 aliphatic rings. The minimum atomic E-state index is -0.510. The van der Waals surface area contributed by atoms with Gasteiger partial charge in [0.05, 0.1) is 5.69 Å². The third kappa shape index (κ3) is 3.30. The summed E-state index contributed by atoms with van der Waals surface area (Å²) >= 11 is 8.39. The van der Waals surface area contributed by atoms with Gasteiger partial charge in [-0.3, -0.25) is 9.59 Å². The lowest BCUT2D eigenvalue weighted by Gasteiger charge is -2.18. The Bertz CT molecular complexity index is 937. The summed E-state index contributed by atoms with van der Waals surface area (Å²) in [4.78, 5) is 26.6. The molecule has 0 aliphatic carbocycles. The lowest BCUT2D eigenvalue weighted by atomic mass is 10.1. The fourth-order valence-electron chi connectivity index (χ4n) is 2.71. The highest BCUT2D eigenvalue weighted by molar-refractivity contribution is 14.1. The Kier molecular flexibility index (Phi) is 4.88. The molecule has 0 fully saturated rings. The van der Waals surface area contributed by atoms with Crippen molar-refractivity contribution < 1.29 is 9.59 Å². The highest BCUT2D eigenvalue weighted by atomic mass is 127. The van der Waals surface area contributed by atoms with Crippen molar-refractivity contribution in [1.29, 1.82) is 0 Å². The zero-order valence-electron chi connectivity index (χ0n) is 14.0. The van der Waals surface area contributed by atoms with Gasteiger partial charge in [-0.2, -0.15) is 0 Å². The van der Waals surface area contributed by atoms with Crippen molar-refractivity contribution in [3.05, 3.63) is 67.4 Å². The topological polar surface area (TPSA) is 49.4 Å². The summed E-state index contributed by atoms with van der Waals surface area (Å²) in [6.07, 6.45) is 0. The smallest absolute Gasteiger partial charge is 0.283 e. The van der Waals surface area contributed by atoms with Gasteiger partial charge in [-0.25, -0.2) is 4.90 Å². The number of rotatable bonds is 3. The summed E-state index contributed by atoms with van der Waals surface area (Å²) in [5, 5.41) is 2.95. The number of hydrogen-bond donors (Lipinski definition) is 1. The number of halogens is 2. The van der Waals surface area contributed by atoms with Crippen LogP contribution in [0.4, 0.5) is 11.4 Å². The van der Waals surface area contributed by atoms with E-state index in [-0.39, 0.29) is 10.7 Å². The van der Waals surface area contributed by atoms with Gasteiger partial charge in [0.15, 0.2) is 0 Å². The molecule has 2 aromatic rings. The molecule has 2 aromatic carbocycles. The molecule has 6 heteroatoms. The monoisotopic (exact) mass is 466 g/mol. The number of imide groups is 1. The predicted molar refractivity (Wildman–Crippen MR) is 109 cm³/mol. The van der Waals surface area contributed by atoms with Crippen LogP contribution in [-0.2, 0) is 9.59 Å². The number of benzene rings is 2. The van der Waals surface area contributed by atoms with E-state index in [1.54, 1.807) is 6.07 Å². The Morgan fingerprint density at radius 2 is 1.68 bits per heavy atom. The molecule has 4 nitrogen and oxygen atoms in total. The lowest BCUT2D eigenvalue weighted by Crippen LogP contribution is -2.32. The number of anilines is 2. The molecule has 1 N–H and O–H groups in total. The van der Waals surface area contributed by atoms with Crippen LogP contribution in [0.25, 0.3) is 0 Å². The third-order valence-corrected chi connectivity index (χ3v) is 5.10. The maximum Gasteiger partial charge on any atom is 0.283 e. The van der Waals surface area contributed by atoms with E-state index in [9.17, 15) is 9.59 Å². The molecule has 128 valence electrons. The first-order chi connectivity index (χ1) is 11.8. The van der Waals surface area contributed by atoms with Crippen LogP contribution in [0.5, 0.6) is 0 Å². The Labute approximate surface area is 165 Å². The second kappa shape index (κ2) is 6.80. The molecule has 1 heterocycles. The van der Waals surface area contributed by atoms with Gasteiger partial charge >= 0.3 is 0 Å². The molecule has 0 atom stereocenters. The molecule has 0 spiro atoms. The molecular weight excluding hydrogens is 451 g/mol. The molecular formula is C19H16ClIN2O2. The SMILES string of the molecule is Cc1ccc(C)c(NC2=C(Cl)C(=O)N(c3ccc(I)cc3C)C2=O)c1. The predicted octanol–water partition coefficient (Wildman–Crippen LogP) is 4.65. The number of carbonyl (C=O) groups excluding carboxylic acids is 2. The van der Waals surface area contributed by atoms with Crippen molar-refractivity contribution in [3.63, 3.8) is 0 Å². The van der Waals surface area contributed by atoms with Crippen LogP contribution in [0.1, 0.15) is 16.7 Å². The van der Waals surface area contributed by atoms with Crippen molar-refractivity contribution in [2.75, 3.05) is 10.2 Å². The zero-order chi connectivity index (χ0) is 18.3. The Morgan fingerprint density at radius 1 is 0.960 bits per heavy atom. The molecule has 2 amide bonds. The first-order valence-corrected chi connectivity index (χ1v) is 9.14. The molecule has 0 unspecified atom stereocenters. The van der Waals surface area contributed by atoms with Crippen molar-refractivity contribution in [3.8, 4) is 0 Å². The highest BCUT2D eigenvalue weighted by Crippen LogP contribution is 2.33. The average Bonchev–Trinajstić information content (AvgIpc) is 2.75. The molecule has 0 radical (unpaired) electrons. The molecule has 0 saturated carbocycles. The fraction of sp³-hybridized carbons (Fsp3) is 0.158. The van der Waals surface area contributed by atoms with E-state index in [2.05, 4.69) is 27.9 Å². The fourth-order valence-corrected chi connectivity index (χ4v) is 3.56. The van der Waals surface area contributed by atoms with Crippen LogP contribution in [0.3, 0.4) is 0 Å². The van der Waals surface area contributed by atoms with Gasteiger partial charge in [0.25, 0.3) is 11.8 Å². The van der Waals surface area contributed by atoms with E-state index < -0.39 is 11.8 Å². The number of aryl methyl sites for hydroxylation is 3. The first-order valence-electron chi connectivity index (χ1n) is 7.68. The largest absolute Gasteiger partial charge is 0.349 e. The summed E-state index contributed by atoms with van der Waals surface area (Å²) in [5.74, 6) is -0.955. The average molecular weight is 467 g/mol. The zero-order valence-corrected chi connectivity index (χ0v) is 16.9. The van der Waals surface area contributed by atoms with Gasteiger partial charge in [0.2, 0.25) is 0 Å². The van der Waals surface area contributed by atoms with Gasteiger partial charge < -0.3 is 5.32 Å². The van der Waals surface area contributed by atoms with Crippen LogP contribution >= 0.6 is 34.2 Å². The van der Waals surface area contributed by atoms with E-state index in [1.807, 2.05) is 51.1 Å². The van der Waals surface area contributed by atoms with E-state index in [1.165, 1.54) is 0 Å². The number of nitrogens with zero attached hydrogens (tertiary/aromatic N) is 1. The summed E-state index contributed by atoms with van der Waals surface area (Å²) in [6, 6.07) is 11.4. The van der Waals surface area contributed by atoms with Crippen LogP contribution in [0, 0.1) is 24.3 Å². The Balaban J connectivity index is 1.98. The van der Waals surface area contributed by atoms with Gasteiger partial charge in [0, 0.05) is 9.26 Å². The standard InChI is InChI=1S/C19H16ClIN2O2/c1-10-4-5-11(2)14(8-10)22-17-16(20)18(24)23(19(17)25)15-7-6-13(21)9-12(15)3/h4-9,22H,1-3H3. The second-order valence-corrected chi connectivity index (χ2v) is 7.63. The quantitative estimate of drug-likeness (QED) is 0.529. The minimum absolute atomic E-state index is 0.0937. The van der Waals surface area contributed by atoms with Crippen LogP contribution in [0.2, 0.25) is 0 Å². The second-order valence-electron chi connectivity index (χ2n) is 6.01. The maximum atomic E-state index is 12.9. The van der Waals surface area contributed by atoms with Crippen molar-refractivity contribution in [2.24, 2.45) is 0 Å². The Hall–Kier alpha value is -1.86. The number of carbonyl (C=O) groups is 2. The number of amides is 2.